The lowest BCUT2D eigenvalue weighted by atomic mass is 9.80. The molecule has 1 aliphatic rings. The summed E-state index contributed by atoms with van der Waals surface area (Å²) in [4.78, 5) is 2.48. The van der Waals surface area contributed by atoms with Crippen molar-refractivity contribution < 1.29 is 5.11 Å². The van der Waals surface area contributed by atoms with Gasteiger partial charge >= 0.3 is 0 Å². The van der Waals surface area contributed by atoms with E-state index in [1.165, 1.54) is 30.4 Å². The molecule has 0 aromatic heterocycles. The van der Waals surface area contributed by atoms with E-state index in [1.807, 2.05) is 12.1 Å². The molecule has 1 fully saturated rings. The number of aromatic hydroxyl groups is 1. The number of rotatable bonds is 3. The molecule has 1 aliphatic heterocycles. The van der Waals surface area contributed by atoms with Gasteiger partial charge in [0.05, 0.1) is 0 Å². The Balaban J connectivity index is 2.02. The Morgan fingerprint density at radius 1 is 1.00 bits per heavy atom. The van der Waals surface area contributed by atoms with Crippen LogP contribution in [0.5, 0.6) is 5.75 Å². The molecular weight excluding hydrogens is 258 g/mol. The van der Waals surface area contributed by atoms with Crippen molar-refractivity contribution in [3.05, 3.63) is 65.7 Å². The summed E-state index contributed by atoms with van der Waals surface area (Å²) in [6.07, 6.45) is 3.79. The molecule has 0 spiro atoms. The molecule has 1 saturated heterocycles. The number of benzene rings is 2. The lowest BCUT2D eigenvalue weighted by molar-refractivity contribution is 0.169. The number of phenolic OH excluding ortho intramolecular Hbond substituents is 1. The molecule has 1 heterocycles. The molecule has 2 aromatic carbocycles. The average Bonchev–Trinajstić information content (AvgIpc) is 2.51. The largest absolute Gasteiger partial charge is 0.508 e. The van der Waals surface area contributed by atoms with Crippen LogP contribution in [0.2, 0.25) is 0 Å². The van der Waals surface area contributed by atoms with Gasteiger partial charge in [-0.3, -0.25) is 0 Å². The van der Waals surface area contributed by atoms with Gasteiger partial charge in [-0.25, -0.2) is 0 Å². The van der Waals surface area contributed by atoms with Crippen molar-refractivity contribution in [1.82, 2.24) is 4.90 Å². The Hall–Kier alpha value is -1.80. The standard InChI is InChI=1S/C19H23NO/c1-20-13-6-5-12-18(20)19(15-8-3-2-4-9-15)16-10-7-11-17(21)14-16/h2-4,7-11,14,18-19,21H,5-6,12-13H2,1H3/t18-,19-/m1/s1. The van der Waals surface area contributed by atoms with Crippen LogP contribution in [0.3, 0.4) is 0 Å². The maximum absolute atomic E-state index is 9.86. The molecule has 2 aromatic rings. The zero-order chi connectivity index (χ0) is 14.7. The van der Waals surface area contributed by atoms with Crippen LogP contribution in [0.15, 0.2) is 54.6 Å². The zero-order valence-corrected chi connectivity index (χ0v) is 12.6. The van der Waals surface area contributed by atoms with Crippen molar-refractivity contribution in [2.24, 2.45) is 0 Å². The van der Waals surface area contributed by atoms with Crippen LogP contribution >= 0.6 is 0 Å². The smallest absolute Gasteiger partial charge is 0.115 e. The highest BCUT2D eigenvalue weighted by atomic mass is 16.3. The first-order valence-corrected chi connectivity index (χ1v) is 7.80. The number of likely N-dealkylation sites (tertiary alicyclic amines) is 1. The van der Waals surface area contributed by atoms with Gasteiger partial charge in [0, 0.05) is 12.0 Å². The average molecular weight is 281 g/mol. The first-order chi connectivity index (χ1) is 10.3. The van der Waals surface area contributed by atoms with E-state index in [1.54, 1.807) is 6.07 Å². The number of phenols is 1. The van der Waals surface area contributed by atoms with Crippen LogP contribution in [0.1, 0.15) is 36.3 Å². The third-order valence-corrected chi connectivity index (χ3v) is 4.60. The van der Waals surface area contributed by atoms with Crippen molar-refractivity contribution in [3.63, 3.8) is 0 Å². The van der Waals surface area contributed by atoms with Gasteiger partial charge in [-0.05, 0) is 49.7 Å². The van der Waals surface area contributed by atoms with Crippen LogP contribution < -0.4 is 0 Å². The van der Waals surface area contributed by atoms with Gasteiger partial charge in [-0.2, -0.15) is 0 Å². The fraction of sp³-hybridized carbons (Fsp3) is 0.368. The number of nitrogens with zero attached hydrogens (tertiary/aromatic N) is 1. The van der Waals surface area contributed by atoms with E-state index >= 15 is 0 Å². The Kier molecular flexibility index (Phi) is 4.26. The number of likely N-dealkylation sites (N-methyl/N-ethyl adjacent to an activating group) is 1. The SMILES string of the molecule is CN1CCCC[C@@H]1[C@H](c1ccccc1)c1cccc(O)c1. The van der Waals surface area contributed by atoms with E-state index in [9.17, 15) is 5.11 Å². The fourth-order valence-electron chi connectivity index (χ4n) is 3.54. The second-order valence-electron chi connectivity index (χ2n) is 6.03. The first kappa shape index (κ1) is 14.2. The normalized spacial score (nSPS) is 21.1. The van der Waals surface area contributed by atoms with Gasteiger partial charge in [0.25, 0.3) is 0 Å². The number of hydrogen-bond acceptors (Lipinski definition) is 2. The van der Waals surface area contributed by atoms with Gasteiger partial charge in [-0.1, -0.05) is 48.9 Å². The molecule has 21 heavy (non-hydrogen) atoms. The Morgan fingerprint density at radius 3 is 2.48 bits per heavy atom. The van der Waals surface area contributed by atoms with Gasteiger partial charge in [0.15, 0.2) is 0 Å². The third kappa shape index (κ3) is 3.11. The van der Waals surface area contributed by atoms with Crippen LogP contribution in [0, 0.1) is 0 Å². The molecule has 0 unspecified atom stereocenters. The van der Waals surface area contributed by atoms with Crippen molar-refractivity contribution in [2.45, 2.75) is 31.2 Å². The third-order valence-electron chi connectivity index (χ3n) is 4.60. The van der Waals surface area contributed by atoms with E-state index in [0.717, 1.165) is 6.54 Å². The highest BCUT2D eigenvalue weighted by molar-refractivity contribution is 5.38. The summed E-state index contributed by atoms with van der Waals surface area (Å²) >= 11 is 0. The molecule has 0 saturated carbocycles. The second kappa shape index (κ2) is 6.31. The van der Waals surface area contributed by atoms with Gasteiger partial charge in [0.2, 0.25) is 0 Å². The second-order valence-corrected chi connectivity index (χ2v) is 6.03. The molecular formula is C19H23NO. The van der Waals surface area contributed by atoms with E-state index in [4.69, 9.17) is 0 Å². The molecule has 0 radical (unpaired) electrons. The zero-order valence-electron chi connectivity index (χ0n) is 12.6. The lowest BCUT2D eigenvalue weighted by Gasteiger charge is -2.38. The Labute approximate surface area is 127 Å². The van der Waals surface area contributed by atoms with Crippen molar-refractivity contribution in [1.29, 1.82) is 0 Å². The van der Waals surface area contributed by atoms with Crippen LogP contribution in [0.4, 0.5) is 0 Å². The molecule has 1 N–H and O–H groups in total. The molecule has 2 atom stereocenters. The topological polar surface area (TPSA) is 23.5 Å². The van der Waals surface area contributed by atoms with Crippen molar-refractivity contribution in [3.8, 4) is 5.75 Å². The maximum atomic E-state index is 9.86. The minimum Gasteiger partial charge on any atom is -0.508 e. The van der Waals surface area contributed by atoms with E-state index in [2.05, 4.69) is 48.3 Å². The highest BCUT2D eigenvalue weighted by Crippen LogP contribution is 2.36. The van der Waals surface area contributed by atoms with E-state index in [0.29, 0.717) is 17.7 Å². The lowest BCUT2D eigenvalue weighted by Crippen LogP contribution is -2.40. The molecule has 3 rings (SSSR count). The Morgan fingerprint density at radius 2 is 1.76 bits per heavy atom. The van der Waals surface area contributed by atoms with Gasteiger partial charge in [-0.15, -0.1) is 0 Å². The summed E-state index contributed by atoms with van der Waals surface area (Å²) in [7, 11) is 2.22. The van der Waals surface area contributed by atoms with Crippen molar-refractivity contribution in [2.75, 3.05) is 13.6 Å². The minimum absolute atomic E-state index is 0.323. The summed E-state index contributed by atoms with van der Waals surface area (Å²) < 4.78 is 0. The molecule has 2 nitrogen and oxygen atoms in total. The Bertz CT molecular complexity index is 581. The number of piperidine rings is 1. The molecule has 0 aliphatic carbocycles. The molecule has 0 bridgehead atoms. The summed E-state index contributed by atoms with van der Waals surface area (Å²) in [6.45, 7) is 1.16. The monoisotopic (exact) mass is 281 g/mol. The number of hydrogen-bond donors (Lipinski definition) is 1. The highest BCUT2D eigenvalue weighted by Gasteiger charge is 2.30. The van der Waals surface area contributed by atoms with Crippen LogP contribution in [-0.2, 0) is 0 Å². The summed E-state index contributed by atoms with van der Waals surface area (Å²) in [5, 5.41) is 9.86. The van der Waals surface area contributed by atoms with Crippen molar-refractivity contribution >= 4 is 0 Å². The fourth-order valence-corrected chi connectivity index (χ4v) is 3.54. The van der Waals surface area contributed by atoms with Crippen LogP contribution in [-0.4, -0.2) is 29.6 Å². The van der Waals surface area contributed by atoms with Gasteiger partial charge in [0.1, 0.15) is 5.75 Å². The maximum Gasteiger partial charge on any atom is 0.115 e. The molecule has 0 amide bonds. The summed E-state index contributed by atoms with van der Waals surface area (Å²) in [5.41, 5.74) is 2.54. The predicted octanol–water partition coefficient (Wildman–Crippen LogP) is 4.01. The molecule has 2 heteroatoms. The first-order valence-electron chi connectivity index (χ1n) is 7.80. The van der Waals surface area contributed by atoms with Gasteiger partial charge < -0.3 is 10.0 Å². The van der Waals surface area contributed by atoms with E-state index < -0.39 is 0 Å². The minimum atomic E-state index is 0.323. The quantitative estimate of drug-likeness (QED) is 0.919. The summed E-state index contributed by atoms with van der Waals surface area (Å²) in [6, 6.07) is 18.9. The molecule has 110 valence electrons. The van der Waals surface area contributed by atoms with E-state index in [-0.39, 0.29) is 0 Å². The predicted molar refractivity (Wildman–Crippen MR) is 86.7 cm³/mol. The van der Waals surface area contributed by atoms with Crippen LogP contribution in [0.25, 0.3) is 0 Å². The summed E-state index contributed by atoms with van der Waals surface area (Å²) in [5.74, 6) is 0.676.